The molecule has 0 aliphatic heterocycles. The first-order valence-corrected chi connectivity index (χ1v) is 7.35. The van der Waals surface area contributed by atoms with Crippen LogP contribution in [0.4, 0.5) is 20.5 Å². The fourth-order valence-corrected chi connectivity index (χ4v) is 2.04. The van der Waals surface area contributed by atoms with Gasteiger partial charge in [-0.05, 0) is 35.4 Å². The molecular weight excluding hydrogens is 312 g/mol. The minimum absolute atomic E-state index is 0.269. The van der Waals surface area contributed by atoms with Crippen LogP contribution in [-0.4, -0.2) is 15.2 Å². The average Bonchev–Trinajstić information content (AvgIpc) is 2.61. The lowest BCUT2D eigenvalue weighted by molar-refractivity contribution is 0.626. The van der Waals surface area contributed by atoms with Gasteiger partial charge in [0.25, 0.3) is 0 Å². The molecule has 0 atom stereocenters. The van der Waals surface area contributed by atoms with Crippen LogP contribution in [0.1, 0.15) is 11.1 Å². The first kappa shape index (κ1) is 15.8. The van der Waals surface area contributed by atoms with Crippen LogP contribution >= 0.6 is 0 Å². The van der Waals surface area contributed by atoms with Crippen molar-refractivity contribution in [2.45, 2.75) is 13.1 Å². The number of nitrogens with one attached hydrogen (secondary N) is 2. The Morgan fingerprint density at radius 3 is 1.88 bits per heavy atom. The van der Waals surface area contributed by atoms with Crippen LogP contribution in [0.2, 0.25) is 0 Å². The third kappa shape index (κ3) is 4.45. The highest BCUT2D eigenvalue weighted by atomic mass is 19.1. The third-order valence-corrected chi connectivity index (χ3v) is 3.31. The number of nitrogens with zero attached hydrogens (tertiary/aromatic N) is 3. The van der Waals surface area contributed by atoms with Crippen LogP contribution in [0, 0.1) is 11.6 Å². The van der Waals surface area contributed by atoms with Crippen LogP contribution in [0.5, 0.6) is 0 Å². The van der Waals surface area contributed by atoms with Gasteiger partial charge in [0.05, 0.1) is 6.20 Å². The van der Waals surface area contributed by atoms with Crippen molar-refractivity contribution in [3.8, 4) is 0 Å². The molecule has 24 heavy (non-hydrogen) atoms. The van der Waals surface area contributed by atoms with Gasteiger partial charge in [-0.25, -0.2) is 8.78 Å². The summed E-state index contributed by atoms with van der Waals surface area (Å²) in [7, 11) is 0. The number of halogens is 2. The molecule has 3 aromatic rings. The van der Waals surface area contributed by atoms with E-state index in [4.69, 9.17) is 0 Å². The van der Waals surface area contributed by atoms with Crippen molar-refractivity contribution in [1.82, 2.24) is 15.2 Å². The van der Waals surface area contributed by atoms with E-state index in [1.807, 2.05) is 0 Å². The molecule has 0 spiro atoms. The van der Waals surface area contributed by atoms with E-state index in [2.05, 4.69) is 25.8 Å². The van der Waals surface area contributed by atoms with Crippen molar-refractivity contribution in [3.63, 3.8) is 0 Å². The number of hydrogen-bond acceptors (Lipinski definition) is 5. The predicted octanol–water partition coefficient (Wildman–Crippen LogP) is 3.37. The molecule has 0 radical (unpaired) electrons. The molecule has 3 rings (SSSR count). The van der Waals surface area contributed by atoms with Crippen molar-refractivity contribution in [2.24, 2.45) is 0 Å². The monoisotopic (exact) mass is 327 g/mol. The topological polar surface area (TPSA) is 62.7 Å². The highest BCUT2D eigenvalue weighted by molar-refractivity contribution is 5.38. The Morgan fingerprint density at radius 1 is 0.750 bits per heavy atom. The number of rotatable bonds is 6. The van der Waals surface area contributed by atoms with Crippen molar-refractivity contribution in [3.05, 3.63) is 77.5 Å². The summed E-state index contributed by atoms with van der Waals surface area (Å²) >= 11 is 0. The Kier molecular flexibility index (Phi) is 4.90. The van der Waals surface area contributed by atoms with Gasteiger partial charge in [-0.3, -0.25) is 0 Å². The standard InChI is InChI=1S/C17H15F2N5/c18-14-5-1-12(2-6-14)9-20-16-11-22-24-17(23-16)21-10-13-3-7-15(19)8-4-13/h1-8,11H,9-10H2,(H2,20,21,23,24). The molecule has 1 heterocycles. The van der Waals surface area contributed by atoms with Crippen LogP contribution in [0.3, 0.4) is 0 Å². The second-order valence-corrected chi connectivity index (χ2v) is 5.13. The normalized spacial score (nSPS) is 10.4. The maximum atomic E-state index is 12.9. The summed E-state index contributed by atoms with van der Waals surface area (Å²) in [5.74, 6) is 0.373. The van der Waals surface area contributed by atoms with E-state index in [9.17, 15) is 8.78 Å². The predicted molar refractivity (Wildman–Crippen MR) is 87.3 cm³/mol. The molecular formula is C17H15F2N5. The van der Waals surface area contributed by atoms with Gasteiger partial charge in [-0.15, -0.1) is 5.10 Å². The zero-order valence-electron chi connectivity index (χ0n) is 12.7. The fraction of sp³-hybridized carbons (Fsp3) is 0.118. The van der Waals surface area contributed by atoms with E-state index < -0.39 is 0 Å². The third-order valence-electron chi connectivity index (χ3n) is 3.31. The quantitative estimate of drug-likeness (QED) is 0.727. The van der Waals surface area contributed by atoms with E-state index in [1.54, 1.807) is 24.3 Å². The molecule has 0 saturated heterocycles. The molecule has 0 amide bonds. The minimum Gasteiger partial charge on any atom is -0.365 e. The molecule has 2 N–H and O–H groups in total. The molecule has 1 aromatic heterocycles. The lowest BCUT2D eigenvalue weighted by Crippen LogP contribution is -2.08. The van der Waals surface area contributed by atoms with E-state index in [1.165, 1.54) is 30.5 Å². The van der Waals surface area contributed by atoms with Crippen LogP contribution < -0.4 is 10.6 Å². The van der Waals surface area contributed by atoms with E-state index >= 15 is 0 Å². The van der Waals surface area contributed by atoms with Gasteiger partial charge in [0.15, 0.2) is 5.82 Å². The molecule has 7 heteroatoms. The second kappa shape index (κ2) is 7.45. The van der Waals surface area contributed by atoms with Gasteiger partial charge < -0.3 is 10.6 Å². The SMILES string of the molecule is Fc1ccc(CNc2cnnc(NCc3ccc(F)cc3)n2)cc1. The molecule has 5 nitrogen and oxygen atoms in total. The maximum Gasteiger partial charge on any atom is 0.244 e. The van der Waals surface area contributed by atoms with Gasteiger partial charge in [-0.2, -0.15) is 10.1 Å². The highest BCUT2D eigenvalue weighted by Crippen LogP contribution is 2.09. The highest BCUT2D eigenvalue weighted by Gasteiger charge is 2.02. The van der Waals surface area contributed by atoms with E-state index in [-0.39, 0.29) is 11.6 Å². The van der Waals surface area contributed by atoms with Crippen LogP contribution in [0.25, 0.3) is 0 Å². The Hall–Kier alpha value is -3.09. The van der Waals surface area contributed by atoms with Crippen molar-refractivity contribution in [2.75, 3.05) is 10.6 Å². The zero-order chi connectivity index (χ0) is 16.8. The molecule has 0 unspecified atom stereocenters. The molecule has 0 aliphatic rings. The zero-order valence-corrected chi connectivity index (χ0v) is 12.7. The summed E-state index contributed by atoms with van der Waals surface area (Å²) in [6.45, 7) is 0.958. The Balaban J connectivity index is 1.57. The number of aromatic nitrogens is 3. The molecule has 0 saturated carbocycles. The molecule has 122 valence electrons. The Labute approximate surface area is 137 Å². The van der Waals surface area contributed by atoms with Crippen molar-refractivity contribution in [1.29, 1.82) is 0 Å². The first-order chi connectivity index (χ1) is 11.7. The van der Waals surface area contributed by atoms with Crippen molar-refractivity contribution >= 4 is 11.8 Å². The summed E-state index contributed by atoms with van der Waals surface area (Å²) in [4.78, 5) is 4.29. The fourth-order valence-electron chi connectivity index (χ4n) is 2.04. The van der Waals surface area contributed by atoms with Crippen LogP contribution in [0.15, 0.2) is 54.7 Å². The minimum atomic E-state index is -0.274. The van der Waals surface area contributed by atoms with E-state index in [0.29, 0.717) is 24.9 Å². The molecule has 2 aromatic carbocycles. The number of hydrogen-bond donors (Lipinski definition) is 2. The Morgan fingerprint density at radius 2 is 1.29 bits per heavy atom. The lowest BCUT2D eigenvalue weighted by atomic mass is 10.2. The second-order valence-electron chi connectivity index (χ2n) is 5.13. The van der Waals surface area contributed by atoms with Crippen molar-refractivity contribution < 1.29 is 8.78 Å². The molecule has 0 aliphatic carbocycles. The van der Waals surface area contributed by atoms with Crippen LogP contribution in [-0.2, 0) is 13.1 Å². The largest absolute Gasteiger partial charge is 0.365 e. The lowest BCUT2D eigenvalue weighted by Gasteiger charge is -2.08. The van der Waals surface area contributed by atoms with Gasteiger partial charge in [0, 0.05) is 13.1 Å². The maximum absolute atomic E-state index is 12.9. The summed E-state index contributed by atoms with van der Waals surface area (Å²) in [5.41, 5.74) is 1.83. The first-order valence-electron chi connectivity index (χ1n) is 7.35. The summed E-state index contributed by atoms with van der Waals surface area (Å²) < 4.78 is 25.7. The average molecular weight is 327 g/mol. The van der Waals surface area contributed by atoms with Gasteiger partial charge in [-0.1, -0.05) is 24.3 Å². The number of benzene rings is 2. The van der Waals surface area contributed by atoms with Gasteiger partial charge in [0.1, 0.15) is 11.6 Å². The smallest absolute Gasteiger partial charge is 0.244 e. The Bertz CT molecular complexity index is 726. The summed E-state index contributed by atoms with van der Waals surface area (Å²) in [6.07, 6.45) is 1.51. The van der Waals surface area contributed by atoms with E-state index in [0.717, 1.165) is 11.1 Å². The molecule has 0 bridgehead atoms. The number of anilines is 2. The van der Waals surface area contributed by atoms with Gasteiger partial charge >= 0.3 is 0 Å². The summed E-state index contributed by atoms with van der Waals surface area (Å²) in [5, 5.41) is 13.9. The molecule has 0 fully saturated rings. The summed E-state index contributed by atoms with van der Waals surface area (Å²) in [6, 6.07) is 12.4. The van der Waals surface area contributed by atoms with Gasteiger partial charge in [0.2, 0.25) is 5.95 Å².